The van der Waals surface area contributed by atoms with Crippen LogP contribution in [0, 0.1) is 12.3 Å². The zero-order chi connectivity index (χ0) is 20.9. The number of aliphatic hydroxyl groups is 1. The second-order valence-corrected chi connectivity index (χ2v) is 7.76. The van der Waals surface area contributed by atoms with Crippen LogP contribution in [0.25, 0.3) is 11.0 Å². The Bertz CT molecular complexity index is 1040. The Kier molecular flexibility index (Phi) is 6.52. The summed E-state index contributed by atoms with van der Waals surface area (Å²) in [5.74, 6) is 0.778. The van der Waals surface area contributed by atoms with Crippen LogP contribution < -0.4 is 10.4 Å². The Hall–Kier alpha value is -2.61. The van der Waals surface area contributed by atoms with Crippen molar-refractivity contribution in [1.82, 2.24) is 14.0 Å². The van der Waals surface area contributed by atoms with E-state index in [2.05, 4.69) is 4.90 Å². The molecule has 0 saturated carbocycles. The van der Waals surface area contributed by atoms with Crippen molar-refractivity contribution in [3.05, 3.63) is 59.7 Å². The van der Waals surface area contributed by atoms with Gasteiger partial charge in [0.15, 0.2) is 0 Å². The lowest BCUT2D eigenvalue weighted by molar-refractivity contribution is 0.0363. The van der Waals surface area contributed by atoms with Gasteiger partial charge in [0.2, 0.25) is 5.62 Å². The van der Waals surface area contributed by atoms with Crippen LogP contribution in [0.5, 0.6) is 5.75 Å². The van der Waals surface area contributed by atoms with Gasteiger partial charge in [-0.15, -0.1) is 0 Å². The predicted molar refractivity (Wildman–Crippen MR) is 116 cm³/mol. The number of rotatable bonds is 8. The molecule has 0 amide bonds. The normalized spacial score (nSPS) is 16.1. The highest BCUT2D eigenvalue weighted by atomic mass is 16.5. The zero-order valence-corrected chi connectivity index (χ0v) is 17.5. The van der Waals surface area contributed by atoms with E-state index in [-0.39, 0.29) is 6.61 Å². The minimum atomic E-state index is -0.711. The fourth-order valence-corrected chi connectivity index (χ4v) is 3.94. The summed E-state index contributed by atoms with van der Waals surface area (Å²) in [6.07, 6.45) is -0.711. The van der Waals surface area contributed by atoms with Gasteiger partial charge in [0.1, 0.15) is 18.5 Å². The number of nitrogens with one attached hydrogen (secondary N) is 1. The van der Waals surface area contributed by atoms with Crippen molar-refractivity contribution < 1.29 is 14.6 Å². The first kappa shape index (κ1) is 20.7. The highest BCUT2D eigenvalue weighted by Crippen LogP contribution is 2.17. The Labute approximate surface area is 176 Å². The molecule has 7 heteroatoms. The van der Waals surface area contributed by atoms with E-state index >= 15 is 0 Å². The lowest BCUT2D eigenvalue weighted by Crippen LogP contribution is -2.39. The van der Waals surface area contributed by atoms with Crippen LogP contribution in [0.15, 0.2) is 48.5 Å². The maximum Gasteiger partial charge on any atom is 0.203 e. The molecule has 2 aromatic carbocycles. The molecule has 1 atom stereocenters. The Morgan fingerprint density at radius 2 is 1.67 bits per heavy atom. The van der Waals surface area contributed by atoms with Gasteiger partial charge in [-0.3, -0.25) is 10.3 Å². The Morgan fingerprint density at radius 3 is 2.40 bits per heavy atom. The number of morpholine rings is 1. The van der Waals surface area contributed by atoms with Gasteiger partial charge in [0.05, 0.1) is 30.8 Å². The van der Waals surface area contributed by atoms with Gasteiger partial charge >= 0.3 is 0 Å². The van der Waals surface area contributed by atoms with Crippen LogP contribution in [-0.2, 0) is 17.8 Å². The van der Waals surface area contributed by atoms with E-state index in [0.717, 1.165) is 61.7 Å². The van der Waals surface area contributed by atoms with Crippen molar-refractivity contribution in [1.29, 1.82) is 5.41 Å². The number of nitrogens with zero attached hydrogens (tertiary/aromatic N) is 3. The lowest BCUT2D eigenvalue weighted by Gasteiger charge is -2.26. The van der Waals surface area contributed by atoms with E-state index in [1.807, 2.05) is 64.6 Å². The largest absolute Gasteiger partial charge is 0.491 e. The highest BCUT2D eigenvalue weighted by Gasteiger charge is 2.16. The quantitative estimate of drug-likeness (QED) is 0.596. The van der Waals surface area contributed by atoms with Gasteiger partial charge in [-0.2, -0.15) is 0 Å². The minimum absolute atomic E-state index is 0.185. The number of aromatic nitrogens is 2. The molecule has 1 aromatic heterocycles. The number of aliphatic hydroxyl groups excluding tert-OH is 1. The molecule has 1 aliphatic heterocycles. The molecule has 0 spiro atoms. The molecule has 4 rings (SSSR count). The number of imidazole rings is 1. The third kappa shape index (κ3) is 4.59. The molecule has 0 unspecified atom stereocenters. The van der Waals surface area contributed by atoms with E-state index in [0.29, 0.717) is 12.2 Å². The molecule has 0 bridgehead atoms. The fraction of sp³-hybridized carbons (Fsp3) is 0.435. The zero-order valence-electron chi connectivity index (χ0n) is 17.5. The number of hydrogen-bond acceptors (Lipinski definition) is 5. The van der Waals surface area contributed by atoms with Gasteiger partial charge < -0.3 is 23.7 Å². The van der Waals surface area contributed by atoms with E-state index in [9.17, 15) is 5.11 Å². The molecule has 2 N–H and O–H groups in total. The number of hydrogen-bond donors (Lipinski definition) is 2. The van der Waals surface area contributed by atoms with Crippen molar-refractivity contribution in [3.63, 3.8) is 0 Å². The van der Waals surface area contributed by atoms with E-state index in [1.54, 1.807) is 0 Å². The summed E-state index contributed by atoms with van der Waals surface area (Å²) in [5.41, 5.74) is 3.42. The van der Waals surface area contributed by atoms with Crippen molar-refractivity contribution in [2.75, 3.05) is 39.5 Å². The van der Waals surface area contributed by atoms with Crippen LogP contribution in [-0.4, -0.2) is 64.7 Å². The van der Waals surface area contributed by atoms with Crippen molar-refractivity contribution in [2.24, 2.45) is 0 Å². The molecule has 0 radical (unpaired) electrons. The smallest absolute Gasteiger partial charge is 0.203 e. The van der Waals surface area contributed by atoms with Crippen LogP contribution >= 0.6 is 0 Å². The van der Waals surface area contributed by atoms with Crippen LogP contribution in [0.4, 0.5) is 0 Å². The number of ether oxygens (including phenoxy) is 2. The Morgan fingerprint density at radius 1 is 1.00 bits per heavy atom. The summed E-state index contributed by atoms with van der Waals surface area (Å²) in [6, 6.07) is 15.8. The summed E-state index contributed by atoms with van der Waals surface area (Å²) in [4.78, 5) is 2.37. The lowest BCUT2D eigenvalue weighted by atomic mass is 10.2. The first-order valence-electron chi connectivity index (χ1n) is 10.5. The molecule has 1 saturated heterocycles. The first-order chi connectivity index (χ1) is 14.6. The number of aryl methyl sites for hydroxylation is 1. The molecule has 3 aromatic rings. The molecule has 2 heterocycles. The van der Waals surface area contributed by atoms with Gasteiger partial charge in [-0.05, 0) is 30.7 Å². The maximum absolute atomic E-state index is 10.6. The van der Waals surface area contributed by atoms with Crippen molar-refractivity contribution >= 4 is 11.0 Å². The average molecular weight is 411 g/mol. The second kappa shape index (κ2) is 9.47. The maximum atomic E-state index is 10.6. The molecule has 0 aliphatic carbocycles. The fourth-order valence-electron chi connectivity index (χ4n) is 3.94. The van der Waals surface area contributed by atoms with Gasteiger partial charge in [0, 0.05) is 26.2 Å². The van der Waals surface area contributed by atoms with Crippen molar-refractivity contribution in [3.8, 4) is 5.75 Å². The van der Waals surface area contributed by atoms with Gasteiger partial charge in [0.25, 0.3) is 0 Å². The molecule has 7 nitrogen and oxygen atoms in total. The standard InChI is InChI=1S/C23H30N4O3/c1-18-6-2-5-9-22(18)30-17-19(28)16-27-21-8-4-3-7-20(21)26(23(27)24)11-10-25-12-14-29-15-13-25/h2-9,19,24,28H,10-17H2,1H3/t19-/m1/s1. The summed E-state index contributed by atoms with van der Waals surface area (Å²) in [7, 11) is 0. The number of para-hydroxylation sites is 3. The monoisotopic (exact) mass is 410 g/mol. The number of fused-ring (bicyclic) bond motifs is 1. The minimum Gasteiger partial charge on any atom is -0.491 e. The van der Waals surface area contributed by atoms with E-state index in [4.69, 9.17) is 14.9 Å². The summed E-state index contributed by atoms with van der Waals surface area (Å²) in [6.45, 7) is 7.51. The Balaban J connectivity index is 1.48. The van der Waals surface area contributed by atoms with Crippen LogP contribution in [0.1, 0.15) is 5.56 Å². The third-order valence-electron chi connectivity index (χ3n) is 5.64. The van der Waals surface area contributed by atoms with E-state index < -0.39 is 6.10 Å². The highest BCUT2D eigenvalue weighted by molar-refractivity contribution is 5.75. The van der Waals surface area contributed by atoms with Crippen LogP contribution in [0.2, 0.25) is 0 Å². The van der Waals surface area contributed by atoms with Crippen LogP contribution in [0.3, 0.4) is 0 Å². The topological polar surface area (TPSA) is 75.6 Å². The molecule has 30 heavy (non-hydrogen) atoms. The predicted octanol–water partition coefficient (Wildman–Crippen LogP) is 2.00. The SMILES string of the molecule is Cc1ccccc1OC[C@H](O)Cn1c(=N)n(CCN2CCOCC2)c2ccccc21. The average Bonchev–Trinajstić information content (AvgIpc) is 3.03. The van der Waals surface area contributed by atoms with Gasteiger partial charge in [-0.1, -0.05) is 30.3 Å². The molecular weight excluding hydrogens is 380 g/mol. The second-order valence-electron chi connectivity index (χ2n) is 7.76. The number of benzene rings is 2. The third-order valence-corrected chi connectivity index (χ3v) is 5.64. The summed E-state index contributed by atoms with van der Waals surface area (Å²) >= 11 is 0. The van der Waals surface area contributed by atoms with Crippen molar-refractivity contribution in [2.45, 2.75) is 26.1 Å². The summed E-state index contributed by atoms with van der Waals surface area (Å²) < 4.78 is 15.1. The molecular formula is C23H30N4O3. The summed E-state index contributed by atoms with van der Waals surface area (Å²) in [5, 5.41) is 19.4. The molecule has 160 valence electrons. The van der Waals surface area contributed by atoms with E-state index in [1.165, 1.54) is 0 Å². The molecule has 1 aliphatic rings. The first-order valence-corrected chi connectivity index (χ1v) is 10.5. The van der Waals surface area contributed by atoms with Gasteiger partial charge in [-0.25, -0.2) is 0 Å². The molecule has 1 fully saturated rings.